The molecule has 1 spiro atoms. The third kappa shape index (κ3) is 3.46. The van der Waals surface area contributed by atoms with Crippen LogP contribution in [0.25, 0.3) is 0 Å². The van der Waals surface area contributed by atoms with Crippen LogP contribution in [0.1, 0.15) is 29.8 Å². The largest absolute Gasteiger partial charge is 0.486 e. The molecule has 4 rings (SSSR count). The van der Waals surface area contributed by atoms with E-state index in [9.17, 15) is 4.79 Å². The molecule has 0 aromatic carbocycles. The number of carbonyl (C=O) groups is 1. The summed E-state index contributed by atoms with van der Waals surface area (Å²) >= 11 is 0. The Bertz CT molecular complexity index is 728. The Hall–Kier alpha value is -2.54. The van der Waals surface area contributed by atoms with Gasteiger partial charge >= 0.3 is 0 Å². The minimum atomic E-state index is -0.330. The molecule has 25 heavy (non-hydrogen) atoms. The summed E-state index contributed by atoms with van der Waals surface area (Å²) in [5.74, 6) is 0.656. The summed E-state index contributed by atoms with van der Waals surface area (Å²) in [6.45, 7) is 1.81. The molecule has 2 fully saturated rings. The molecule has 0 saturated carbocycles. The molecule has 2 aromatic rings. The Morgan fingerprint density at radius 3 is 3.00 bits per heavy atom. The highest BCUT2D eigenvalue weighted by Crippen LogP contribution is 2.36. The van der Waals surface area contributed by atoms with Crippen molar-refractivity contribution in [2.75, 3.05) is 19.7 Å². The normalized spacial score (nSPS) is 25.9. The predicted octanol–water partition coefficient (Wildman–Crippen LogP) is 1.71. The molecule has 7 nitrogen and oxygen atoms in total. The number of rotatable bonds is 3. The van der Waals surface area contributed by atoms with Gasteiger partial charge in [0.1, 0.15) is 17.5 Å². The van der Waals surface area contributed by atoms with Gasteiger partial charge in [-0.25, -0.2) is 4.98 Å². The first-order chi connectivity index (χ1) is 12.2. The smallest absolute Gasteiger partial charge is 0.274 e. The summed E-state index contributed by atoms with van der Waals surface area (Å²) in [5, 5.41) is 0. The van der Waals surface area contributed by atoms with Crippen molar-refractivity contribution in [3.05, 3.63) is 48.8 Å². The molecule has 0 unspecified atom stereocenters. The second kappa shape index (κ2) is 6.76. The van der Waals surface area contributed by atoms with Gasteiger partial charge in [0, 0.05) is 31.6 Å². The zero-order valence-corrected chi connectivity index (χ0v) is 13.9. The summed E-state index contributed by atoms with van der Waals surface area (Å²) in [5.41, 5.74) is 0.0453. The molecular weight excluding hydrogens is 320 g/mol. The fourth-order valence-electron chi connectivity index (χ4n) is 3.61. The highest BCUT2D eigenvalue weighted by Gasteiger charge is 2.45. The minimum Gasteiger partial charge on any atom is -0.486 e. The van der Waals surface area contributed by atoms with Gasteiger partial charge in [0.05, 0.1) is 31.1 Å². The van der Waals surface area contributed by atoms with E-state index in [-0.39, 0.29) is 17.6 Å². The Balaban J connectivity index is 1.42. The van der Waals surface area contributed by atoms with E-state index in [1.54, 1.807) is 18.6 Å². The number of ether oxygens (including phenoxy) is 2. The Kier molecular flexibility index (Phi) is 4.31. The number of hydrogen-bond acceptors (Lipinski definition) is 6. The SMILES string of the molecule is O=C(c1cnccn1)N1CCC[C@@]2(C[C@@H](Oc3cccnc3)CO2)C1. The van der Waals surface area contributed by atoms with Crippen LogP contribution in [-0.2, 0) is 4.74 Å². The van der Waals surface area contributed by atoms with Crippen LogP contribution in [0.5, 0.6) is 5.75 Å². The second-order valence-corrected chi connectivity index (χ2v) is 6.55. The van der Waals surface area contributed by atoms with Crippen LogP contribution in [0.3, 0.4) is 0 Å². The van der Waals surface area contributed by atoms with Crippen molar-refractivity contribution in [1.29, 1.82) is 0 Å². The number of aromatic nitrogens is 3. The average Bonchev–Trinajstić information content (AvgIpc) is 3.04. The van der Waals surface area contributed by atoms with Crippen molar-refractivity contribution in [1.82, 2.24) is 19.9 Å². The van der Waals surface area contributed by atoms with Gasteiger partial charge in [-0.2, -0.15) is 0 Å². The summed E-state index contributed by atoms with van der Waals surface area (Å²) in [6, 6.07) is 3.74. The fraction of sp³-hybridized carbons (Fsp3) is 0.444. The fourth-order valence-corrected chi connectivity index (χ4v) is 3.61. The van der Waals surface area contributed by atoms with Gasteiger partial charge in [0.25, 0.3) is 5.91 Å². The lowest BCUT2D eigenvalue weighted by molar-refractivity contribution is -0.0454. The van der Waals surface area contributed by atoms with Gasteiger partial charge in [-0.05, 0) is 25.0 Å². The molecular formula is C18H20N4O3. The van der Waals surface area contributed by atoms with Gasteiger partial charge in [-0.1, -0.05) is 0 Å². The first-order valence-electron chi connectivity index (χ1n) is 8.50. The standard InChI is InChI=1S/C18H20N4O3/c23-17(16-11-20-6-7-21-16)22-8-2-4-18(13-22)9-15(12-24-18)25-14-3-1-5-19-10-14/h1,3,5-7,10-11,15H,2,4,8-9,12-13H2/t15-,18-/m1/s1. The maximum absolute atomic E-state index is 12.6. The van der Waals surface area contributed by atoms with Crippen LogP contribution in [0, 0.1) is 0 Å². The number of likely N-dealkylation sites (tertiary alicyclic amines) is 1. The molecule has 0 N–H and O–H groups in total. The molecule has 2 aromatic heterocycles. The van der Waals surface area contributed by atoms with E-state index in [1.807, 2.05) is 17.0 Å². The molecule has 4 heterocycles. The van der Waals surface area contributed by atoms with E-state index in [4.69, 9.17) is 9.47 Å². The summed E-state index contributed by atoms with van der Waals surface area (Å²) < 4.78 is 12.1. The third-order valence-electron chi connectivity index (χ3n) is 4.72. The molecule has 2 aliphatic heterocycles. The van der Waals surface area contributed by atoms with Crippen LogP contribution in [-0.4, -0.2) is 57.2 Å². The van der Waals surface area contributed by atoms with Crippen LogP contribution < -0.4 is 4.74 Å². The van der Waals surface area contributed by atoms with Crippen molar-refractivity contribution in [3.8, 4) is 5.75 Å². The Morgan fingerprint density at radius 1 is 1.28 bits per heavy atom. The molecule has 1 amide bonds. The summed E-state index contributed by atoms with van der Waals surface area (Å²) in [4.78, 5) is 26.6. The Morgan fingerprint density at radius 2 is 2.20 bits per heavy atom. The maximum Gasteiger partial charge on any atom is 0.274 e. The van der Waals surface area contributed by atoms with Gasteiger partial charge in [-0.15, -0.1) is 0 Å². The minimum absolute atomic E-state index is 0.0178. The summed E-state index contributed by atoms with van der Waals surface area (Å²) in [7, 11) is 0. The van der Waals surface area contributed by atoms with E-state index >= 15 is 0 Å². The number of amides is 1. The molecule has 2 atom stereocenters. The lowest BCUT2D eigenvalue weighted by Crippen LogP contribution is -2.50. The lowest BCUT2D eigenvalue weighted by atomic mass is 9.89. The quantitative estimate of drug-likeness (QED) is 0.847. The molecule has 2 saturated heterocycles. The number of carbonyl (C=O) groups excluding carboxylic acids is 1. The van der Waals surface area contributed by atoms with E-state index in [1.165, 1.54) is 12.4 Å². The van der Waals surface area contributed by atoms with Crippen molar-refractivity contribution >= 4 is 5.91 Å². The molecule has 130 valence electrons. The lowest BCUT2D eigenvalue weighted by Gasteiger charge is -2.39. The Labute approximate surface area is 146 Å². The first-order valence-corrected chi connectivity index (χ1v) is 8.50. The van der Waals surface area contributed by atoms with Gasteiger partial charge in [-0.3, -0.25) is 14.8 Å². The van der Waals surface area contributed by atoms with E-state index in [2.05, 4.69) is 15.0 Å². The first kappa shape index (κ1) is 16.0. The van der Waals surface area contributed by atoms with E-state index in [0.29, 0.717) is 25.4 Å². The van der Waals surface area contributed by atoms with Crippen LogP contribution in [0.15, 0.2) is 43.1 Å². The van der Waals surface area contributed by atoms with Gasteiger partial charge < -0.3 is 14.4 Å². The van der Waals surface area contributed by atoms with Gasteiger partial charge in [0.2, 0.25) is 0 Å². The van der Waals surface area contributed by atoms with Crippen molar-refractivity contribution < 1.29 is 14.3 Å². The van der Waals surface area contributed by atoms with E-state index in [0.717, 1.165) is 25.0 Å². The molecule has 0 radical (unpaired) electrons. The second-order valence-electron chi connectivity index (χ2n) is 6.55. The average molecular weight is 340 g/mol. The van der Waals surface area contributed by atoms with E-state index < -0.39 is 0 Å². The number of pyridine rings is 1. The van der Waals surface area contributed by atoms with Crippen molar-refractivity contribution in [2.45, 2.75) is 31.0 Å². The van der Waals surface area contributed by atoms with Crippen LogP contribution >= 0.6 is 0 Å². The number of hydrogen-bond donors (Lipinski definition) is 0. The molecule has 7 heteroatoms. The van der Waals surface area contributed by atoms with Crippen LogP contribution in [0.2, 0.25) is 0 Å². The monoisotopic (exact) mass is 340 g/mol. The van der Waals surface area contributed by atoms with Crippen molar-refractivity contribution in [3.63, 3.8) is 0 Å². The topological polar surface area (TPSA) is 77.4 Å². The zero-order valence-electron chi connectivity index (χ0n) is 13.9. The molecule has 2 aliphatic rings. The zero-order chi connectivity index (χ0) is 17.1. The number of nitrogens with zero attached hydrogens (tertiary/aromatic N) is 4. The highest BCUT2D eigenvalue weighted by atomic mass is 16.6. The highest BCUT2D eigenvalue weighted by molar-refractivity contribution is 5.92. The predicted molar refractivity (Wildman–Crippen MR) is 89.1 cm³/mol. The number of piperidine rings is 1. The maximum atomic E-state index is 12.6. The molecule has 0 bridgehead atoms. The van der Waals surface area contributed by atoms with Crippen molar-refractivity contribution in [2.24, 2.45) is 0 Å². The third-order valence-corrected chi connectivity index (χ3v) is 4.72. The van der Waals surface area contributed by atoms with Crippen LogP contribution in [0.4, 0.5) is 0 Å². The summed E-state index contributed by atoms with van der Waals surface area (Å²) in [6.07, 6.45) is 10.6. The molecule has 0 aliphatic carbocycles. The van der Waals surface area contributed by atoms with Gasteiger partial charge in [0.15, 0.2) is 0 Å².